The van der Waals surface area contributed by atoms with Crippen LogP contribution in [0.4, 0.5) is 5.69 Å². The summed E-state index contributed by atoms with van der Waals surface area (Å²) in [6, 6.07) is 1.80. The monoisotopic (exact) mass is 278 g/mol. The van der Waals surface area contributed by atoms with E-state index < -0.39 is 0 Å². The molecule has 0 bridgehead atoms. The Morgan fingerprint density at radius 2 is 2.05 bits per heavy atom. The molecule has 2 aromatic heterocycles. The number of anilines is 1. The third-order valence-corrected chi connectivity index (χ3v) is 3.98. The number of nitrogen functional groups attached to an aromatic ring is 1. The van der Waals surface area contributed by atoms with Crippen LogP contribution in [0, 0.1) is 0 Å². The predicted molar refractivity (Wildman–Crippen MR) is 78.3 cm³/mol. The second-order valence-corrected chi connectivity index (χ2v) is 5.39. The maximum absolute atomic E-state index is 12.5. The van der Waals surface area contributed by atoms with E-state index in [4.69, 9.17) is 5.73 Å². The minimum absolute atomic E-state index is 0.00389. The number of carbonyl (C=O) groups is 1. The standard InChI is InChI=1S/C13H18N4OS/c1-3-7-17(8-4-2)13(18)11-10(14)9-5-6-15-16-12(9)19-11/h5-6H,3-4,7-8,14H2,1-2H3. The van der Waals surface area contributed by atoms with Crippen molar-refractivity contribution in [3.63, 3.8) is 0 Å². The summed E-state index contributed by atoms with van der Waals surface area (Å²) >= 11 is 1.32. The topological polar surface area (TPSA) is 72.1 Å². The van der Waals surface area contributed by atoms with Crippen molar-refractivity contribution in [3.05, 3.63) is 17.1 Å². The van der Waals surface area contributed by atoms with Crippen molar-refractivity contribution in [3.8, 4) is 0 Å². The second-order valence-electron chi connectivity index (χ2n) is 4.39. The summed E-state index contributed by atoms with van der Waals surface area (Å²) in [5, 5.41) is 8.65. The summed E-state index contributed by atoms with van der Waals surface area (Å²) in [5.41, 5.74) is 6.59. The fourth-order valence-corrected chi connectivity index (χ4v) is 3.04. The molecule has 0 spiro atoms. The number of thiophene rings is 1. The molecule has 0 aromatic carbocycles. The van der Waals surface area contributed by atoms with Gasteiger partial charge in [-0.05, 0) is 18.9 Å². The Bertz CT molecular complexity index is 575. The summed E-state index contributed by atoms with van der Waals surface area (Å²) in [7, 11) is 0. The molecule has 1 amide bonds. The van der Waals surface area contributed by atoms with Gasteiger partial charge in [0.15, 0.2) is 0 Å². The van der Waals surface area contributed by atoms with Crippen molar-refractivity contribution < 1.29 is 4.79 Å². The van der Waals surface area contributed by atoms with Crippen LogP contribution in [-0.2, 0) is 0 Å². The Balaban J connectivity index is 2.37. The van der Waals surface area contributed by atoms with Crippen LogP contribution in [-0.4, -0.2) is 34.1 Å². The molecule has 5 nitrogen and oxygen atoms in total. The molecule has 2 heterocycles. The van der Waals surface area contributed by atoms with E-state index >= 15 is 0 Å². The Labute approximate surface area is 116 Å². The van der Waals surface area contributed by atoms with Crippen molar-refractivity contribution in [2.24, 2.45) is 0 Å². The van der Waals surface area contributed by atoms with Gasteiger partial charge in [0.1, 0.15) is 9.71 Å². The first-order valence-electron chi connectivity index (χ1n) is 6.48. The van der Waals surface area contributed by atoms with Crippen molar-refractivity contribution in [1.29, 1.82) is 0 Å². The Morgan fingerprint density at radius 3 is 2.63 bits per heavy atom. The zero-order valence-corrected chi connectivity index (χ0v) is 12.0. The molecule has 0 fully saturated rings. The van der Waals surface area contributed by atoms with Crippen LogP contribution in [0.1, 0.15) is 36.4 Å². The zero-order valence-electron chi connectivity index (χ0n) is 11.2. The molecule has 0 saturated carbocycles. The number of hydrogen-bond acceptors (Lipinski definition) is 5. The Kier molecular flexibility index (Phi) is 4.31. The summed E-state index contributed by atoms with van der Waals surface area (Å²) in [5.74, 6) is 0.00389. The van der Waals surface area contributed by atoms with Crippen molar-refractivity contribution >= 4 is 33.1 Å². The lowest BCUT2D eigenvalue weighted by molar-refractivity contribution is 0.0761. The fourth-order valence-electron chi connectivity index (χ4n) is 2.03. The van der Waals surface area contributed by atoms with E-state index in [2.05, 4.69) is 24.0 Å². The molecule has 0 radical (unpaired) electrons. The Morgan fingerprint density at radius 1 is 1.37 bits per heavy atom. The number of amides is 1. The number of carbonyl (C=O) groups excluding carboxylic acids is 1. The van der Waals surface area contributed by atoms with E-state index in [1.54, 1.807) is 12.3 Å². The maximum Gasteiger partial charge on any atom is 0.266 e. The second kappa shape index (κ2) is 5.97. The molecular formula is C13H18N4OS. The van der Waals surface area contributed by atoms with Gasteiger partial charge in [0.05, 0.1) is 11.9 Å². The third-order valence-electron chi connectivity index (χ3n) is 2.89. The molecule has 2 rings (SSSR count). The van der Waals surface area contributed by atoms with Crippen LogP contribution in [0.2, 0.25) is 0 Å². The van der Waals surface area contributed by atoms with Gasteiger partial charge in [-0.1, -0.05) is 13.8 Å². The first-order chi connectivity index (χ1) is 9.19. The van der Waals surface area contributed by atoms with Crippen LogP contribution >= 0.6 is 11.3 Å². The van der Waals surface area contributed by atoms with Crippen molar-refractivity contribution in [2.75, 3.05) is 18.8 Å². The minimum Gasteiger partial charge on any atom is -0.397 e. The predicted octanol–water partition coefficient (Wildman–Crippen LogP) is 2.54. The minimum atomic E-state index is 0.00389. The normalized spacial score (nSPS) is 10.8. The summed E-state index contributed by atoms with van der Waals surface area (Å²) in [6.07, 6.45) is 3.47. The number of nitrogens with zero attached hydrogens (tertiary/aromatic N) is 3. The molecule has 0 unspecified atom stereocenters. The van der Waals surface area contributed by atoms with E-state index in [0.717, 1.165) is 36.1 Å². The van der Waals surface area contributed by atoms with Gasteiger partial charge in [0.25, 0.3) is 5.91 Å². The Hall–Kier alpha value is -1.69. The van der Waals surface area contributed by atoms with E-state index in [1.807, 2.05) is 4.90 Å². The average molecular weight is 278 g/mol. The van der Waals surface area contributed by atoms with Gasteiger partial charge < -0.3 is 10.6 Å². The molecule has 2 N–H and O–H groups in total. The quantitative estimate of drug-likeness (QED) is 0.912. The maximum atomic E-state index is 12.5. The highest BCUT2D eigenvalue weighted by molar-refractivity contribution is 7.21. The third kappa shape index (κ3) is 2.68. The highest BCUT2D eigenvalue weighted by atomic mass is 32.1. The van der Waals surface area contributed by atoms with Gasteiger partial charge in [-0.25, -0.2) is 0 Å². The van der Waals surface area contributed by atoms with Gasteiger partial charge in [0.2, 0.25) is 0 Å². The molecule has 102 valence electrons. The van der Waals surface area contributed by atoms with E-state index in [-0.39, 0.29) is 5.91 Å². The first-order valence-corrected chi connectivity index (χ1v) is 7.29. The van der Waals surface area contributed by atoms with Crippen LogP contribution in [0.25, 0.3) is 10.2 Å². The van der Waals surface area contributed by atoms with Gasteiger partial charge in [-0.15, -0.1) is 16.4 Å². The zero-order chi connectivity index (χ0) is 13.8. The summed E-state index contributed by atoms with van der Waals surface area (Å²) in [6.45, 7) is 5.64. The molecule has 0 saturated heterocycles. The highest BCUT2D eigenvalue weighted by Crippen LogP contribution is 2.32. The van der Waals surface area contributed by atoms with Gasteiger partial charge in [-0.2, -0.15) is 5.10 Å². The fraction of sp³-hybridized carbons (Fsp3) is 0.462. The molecule has 19 heavy (non-hydrogen) atoms. The molecular weight excluding hydrogens is 260 g/mol. The highest BCUT2D eigenvalue weighted by Gasteiger charge is 2.21. The van der Waals surface area contributed by atoms with E-state index in [1.165, 1.54) is 11.3 Å². The smallest absolute Gasteiger partial charge is 0.266 e. The molecule has 2 aromatic rings. The first kappa shape index (κ1) is 13.7. The molecule has 0 atom stereocenters. The number of nitrogens with two attached hydrogens (primary N) is 1. The van der Waals surface area contributed by atoms with Gasteiger partial charge in [-0.3, -0.25) is 4.79 Å². The van der Waals surface area contributed by atoms with Crippen LogP contribution in [0.15, 0.2) is 12.3 Å². The number of rotatable bonds is 5. The summed E-state index contributed by atoms with van der Waals surface area (Å²) in [4.78, 5) is 15.7. The molecule has 0 aliphatic carbocycles. The molecule has 6 heteroatoms. The van der Waals surface area contributed by atoms with Gasteiger partial charge in [0, 0.05) is 18.5 Å². The SMILES string of the molecule is CCCN(CCC)C(=O)c1sc2nnccc2c1N. The van der Waals surface area contributed by atoms with E-state index in [9.17, 15) is 4.79 Å². The van der Waals surface area contributed by atoms with Gasteiger partial charge >= 0.3 is 0 Å². The van der Waals surface area contributed by atoms with Crippen LogP contribution in [0.3, 0.4) is 0 Å². The molecule has 0 aliphatic heterocycles. The molecule has 0 aliphatic rings. The average Bonchev–Trinajstić information content (AvgIpc) is 2.76. The summed E-state index contributed by atoms with van der Waals surface area (Å²) < 4.78 is 0. The number of hydrogen-bond donors (Lipinski definition) is 1. The lowest BCUT2D eigenvalue weighted by Crippen LogP contribution is -2.32. The van der Waals surface area contributed by atoms with Crippen LogP contribution in [0.5, 0.6) is 0 Å². The largest absolute Gasteiger partial charge is 0.397 e. The number of fused-ring (bicyclic) bond motifs is 1. The van der Waals surface area contributed by atoms with Crippen LogP contribution < -0.4 is 5.73 Å². The van der Waals surface area contributed by atoms with E-state index in [0.29, 0.717) is 10.6 Å². The van der Waals surface area contributed by atoms with Crippen molar-refractivity contribution in [1.82, 2.24) is 15.1 Å². The lowest BCUT2D eigenvalue weighted by Gasteiger charge is -2.20. The lowest BCUT2D eigenvalue weighted by atomic mass is 10.2. The van der Waals surface area contributed by atoms with Crippen molar-refractivity contribution in [2.45, 2.75) is 26.7 Å². The number of aromatic nitrogens is 2.